The van der Waals surface area contributed by atoms with Gasteiger partial charge in [-0.3, -0.25) is 9.59 Å². The van der Waals surface area contributed by atoms with Crippen LogP contribution in [0, 0.1) is 0 Å². The van der Waals surface area contributed by atoms with Gasteiger partial charge < -0.3 is 10.5 Å². The van der Waals surface area contributed by atoms with Gasteiger partial charge in [0.25, 0.3) is 0 Å². The fourth-order valence-electron chi connectivity index (χ4n) is 2.13. The molecule has 22 heavy (non-hydrogen) atoms. The van der Waals surface area contributed by atoms with E-state index in [1.165, 1.54) is 16.7 Å². The van der Waals surface area contributed by atoms with Gasteiger partial charge in [0.1, 0.15) is 5.75 Å². The molecular formula is C15H21ClN2O3S. The van der Waals surface area contributed by atoms with E-state index in [0.717, 1.165) is 12.2 Å². The third kappa shape index (κ3) is 4.38. The lowest BCUT2D eigenvalue weighted by atomic mass is 10.3. The summed E-state index contributed by atoms with van der Waals surface area (Å²) in [6.07, 6.45) is 1.18. The van der Waals surface area contributed by atoms with Crippen molar-refractivity contribution in [1.29, 1.82) is 0 Å². The Bertz CT molecular complexity index is 510. The van der Waals surface area contributed by atoms with Crippen LogP contribution < -0.4 is 15.4 Å². The van der Waals surface area contributed by atoms with Gasteiger partial charge in [0.15, 0.2) is 0 Å². The largest absolute Gasteiger partial charge is 0.494 e. The van der Waals surface area contributed by atoms with E-state index in [0.29, 0.717) is 24.6 Å². The Morgan fingerprint density at radius 2 is 2.00 bits per heavy atom. The van der Waals surface area contributed by atoms with Crippen molar-refractivity contribution >= 4 is 41.7 Å². The van der Waals surface area contributed by atoms with Crippen molar-refractivity contribution in [2.75, 3.05) is 23.8 Å². The SMILES string of the molecule is CCCOc1ccc(N2C(=O)CC(SCCN)C2=O)cc1.Cl. The van der Waals surface area contributed by atoms with Crippen molar-refractivity contribution in [2.45, 2.75) is 25.0 Å². The molecule has 0 aromatic heterocycles. The number of hydrogen-bond donors (Lipinski definition) is 1. The topological polar surface area (TPSA) is 72.6 Å². The maximum atomic E-state index is 12.3. The van der Waals surface area contributed by atoms with Crippen LogP contribution in [0.2, 0.25) is 0 Å². The molecule has 0 bridgehead atoms. The molecule has 7 heteroatoms. The number of imide groups is 1. The molecule has 1 fully saturated rings. The van der Waals surface area contributed by atoms with Crippen LogP contribution in [0.1, 0.15) is 19.8 Å². The maximum Gasteiger partial charge on any atom is 0.247 e. The van der Waals surface area contributed by atoms with Gasteiger partial charge in [-0.2, -0.15) is 0 Å². The van der Waals surface area contributed by atoms with Crippen LogP contribution in [0.15, 0.2) is 24.3 Å². The summed E-state index contributed by atoms with van der Waals surface area (Å²) in [6, 6.07) is 7.06. The second-order valence-corrected chi connectivity index (χ2v) is 6.07. The monoisotopic (exact) mass is 344 g/mol. The Labute approximate surface area is 141 Å². The van der Waals surface area contributed by atoms with E-state index in [1.54, 1.807) is 24.3 Å². The first-order valence-corrected chi connectivity index (χ1v) is 8.13. The average molecular weight is 345 g/mol. The van der Waals surface area contributed by atoms with Crippen LogP contribution in [0.25, 0.3) is 0 Å². The smallest absolute Gasteiger partial charge is 0.247 e. The second kappa shape index (κ2) is 9.02. The number of nitrogens with zero attached hydrogens (tertiary/aromatic N) is 1. The third-order valence-electron chi connectivity index (χ3n) is 3.11. The first-order valence-electron chi connectivity index (χ1n) is 7.08. The highest BCUT2D eigenvalue weighted by molar-refractivity contribution is 8.00. The number of amides is 2. The molecule has 1 atom stereocenters. The molecule has 1 saturated heterocycles. The zero-order valence-corrected chi connectivity index (χ0v) is 14.1. The van der Waals surface area contributed by atoms with Crippen molar-refractivity contribution < 1.29 is 14.3 Å². The molecule has 0 radical (unpaired) electrons. The van der Waals surface area contributed by atoms with Gasteiger partial charge in [0.2, 0.25) is 11.8 Å². The Morgan fingerprint density at radius 1 is 1.32 bits per heavy atom. The van der Waals surface area contributed by atoms with Crippen LogP contribution in [-0.4, -0.2) is 36.0 Å². The summed E-state index contributed by atoms with van der Waals surface area (Å²) in [5.41, 5.74) is 6.05. The normalized spacial score (nSPS) is 17.5. The fourth-order valence-corrected chi connectivity index (χ4v) is 3.06. The molecule has 0 aliphatic carbocycles. The lowest BCUT2D eigenvalue weighted by molar-refractivity contribution is -0.121. The van der Waals surface area contributed by atoms with Gasteiger partial charge in [0.05, 0.1) is 17.5 Å². The highest BCUT2D eigenvalue weighted by atomic mass is 35.5. The van der Waals surface area contributed by atoms with Crippen LogP contribution in [0.4, 0.5) is 5.69 Å². The molecule has 2 amide bonds. The highest BCUT2D eigenvalue weighted by Crippen LogP contribution is 2.30. The summed E-state index contributed by atoms with van der Waals surface area (Å²) in [7, 11) is 0. The van der Waals surface area contributed by atoms with Gasteiger partial charge in [-0.1, -0.05) is 6.92 Å². The molecule has 122 valence electrons. The number of carbonyl (C=O) groups excluding carboxylic acids is 2. The first kappa shape index (κ1) is 18.8. The Morgan fingerprint density at radius 3 is 2.59 bits per heavy atom. The molecule has 2 rings (SSSR count). The van der Waals surface area contributed by atoms with Crippen LogP contribution in [0.3, 0.4) is 0 Å². The maximum absolute atomic E-state index is 12.3. The zero-order valence-electron chi connectivity index (χ0n) is 12.5. The molecule has 5 nitrogen and oxygen atoms in total. The van der Waals surface area contributed by atoms with Crippen molar-refractivity contribution in [3.05, 3.63) is 24.3 Å². The molecule has 1 heterocycles. The van der Waals surface area contributed by atoms with Gasteiger partial charge >= 0.3 is 0 Å². The number of thioether (sulfide) groups is 1. The minimum Gasteiger partial charge on any atom is -0.494 e. The minimum absolute atomic E-state index is 0. The standard InChI is InChI=1S/C15H20N2O3S.ClH/c1-2-8-20-12-5-3-11(4-6-12)17-14(18)10-13(15(17)19)21-9-7-16;/h3-6,13H,2,7-10,16H2,1H3;1H. The number of rotatable bonds is 7. The molecule has 0 saturated carbocycles. The van der Waals surface area contributed by atoms with Crippen molar-refractivity contribution in [3.63, 3.8) is 0 Å². The molecule has 1 aromatic rings. The molecular weight excluding hydrogens is 324 g/mol. The van der Waals surface area contributed by atoms with Crippen LogP contribution in [0.5, 0.6) is 5.75 Å². The molecule has 0 spiro atoms. The van der Waals surface area contributed by atoms with Crippen molar-refractivity contribution in [2.24, 2.45) is 5.73 Å². The second-order valence-electron chi connectivity index (χ2n) is 4.76. The minimum atomic E-state index is -0.308. The van der Waals surface area contributed by atoms with E-state index >= 15 is 0 Å². The highest BCUT2D eigenvalue weighted by Gasteiger charge is 2.39. The zero-order chi connectivity index (χ0) is 15.2. The molecule has 1 aliphatic rings. The van der Waals surface area contributed by atoms with E-state index in [9.17, 15) is 9.59 Å². The van der Waals surface area contributed by atoms with Crippen molar-refractivity contribution in [1.82, 2.24) is 0 Å². The summed E-state index contributed by atoms with van der Waals surface area (Å²) in [4.78, 5) is 25.6. The van der Waals surface area contributed by atoms with E-state index in [1.807, 2.05) is 6.92 Å². The summed E-state index contributed by atoms with van der Waals surface area (Å²) in [5, 5.41) is -0.308. The molecule has 2 N–H and O–H groups in total. The average Bonchev–Trinajstić information content (AvgIpc) is 2.78. The lowest BCUT2D eigenvalue weighted by Gasteiger charge is -2.15. The Balaban J connectivity index is 0.00000242. The summed E-state index contributed by atoms with van der Waals surface area (Å²) in [6.45, 7) is 3.19. The Kier molecular flexibility index (Phi) is 7.72. The van der Waals surface area contributed by atoms with Crippen LogP contribution >= 0.6 is 24.2 Å². The van der Waals surface area contributed by atoms with E-state index < -0.39 is 0 Å². The summed E-state index contributed by atoms with van der Waals surface area (Å²) >= 11 is 1.45. The van der Waals surface area contributed by atoms with E-state index in [2.05, 4.69) is 0 Å². The van der Waals surface area contributed by atoms with Gasteiger partial charge in [-0.05, 0) is 30.7 Å². The molecule has 1 aliphatic heterocycles. The summed E-state index contributed by atoms with van der Waals surface area (Å²) < 4.78 is 5.49. The molecule has 1 aromatic carbocycles. The van der Waals surface area contributed by atoms with Crippen molar-refractivity contribution in [3.8, 4) is 5.75 Å². The predicted octanol–water partition coefficient (Wildman–Crippen LogP) is 2.22. The van der Waals surface area contributed by atoms with Gasteiger partial charge in [0, 0.05) is 18.7 Å². The summed E-state index contributed by atoms with van der Waals surface area (Å²) in [5.74, 6) is 1.12. The van der Waals surface area contributed by atoms with E-state index in [-0.39, 0.29) is 35.9 Å². The quantitative estimate of drug-likeness (QED) is 0.768. The Hall–Kier alpha value is -1.24. The number of nitrogens with two attached hydrogens (primary N) is 1. The predicted molar refractivity (Wildman–Crippen MR) is 91.9 cm³/mol. The number of hydrogen-bond acceptors (Lipinski definition) is 5. The van der Waals surface area contributed by atoms with Crippen LogP contribution in [-0.2, 0) is 9.59 Å². The lowest BCUT2D eigenvalue weighted by Crippen LogP contribution is -2.31. The van der Waals surface area contributed by atoms with E-state index in [4.69, 9.17) is 10.5 Å². The first-order chi connectivity index (χ1) is 10.2. The number of benzene rings is 1. The number of ether oxygens (including phenoxy) is 1. The third-order valence-corrected chi connectivity index (χ3v) is 4.35. The van der Waals surface area contributed by atoms with Gasteiger partial charge in [-0.25, -0.2) is 4.90 Å². The fraction of sp³-hybridized carbons (Fsp3) is 0.467. The van der Waals surface area contributed by atoms with Gasteiger partial charge in [-0.15, -0.1) is 24.2 Å². The molecule has 1 unspecified atom stereocenters. The number of carbonyl (C=O) groups is 2. The number of anilines is 1. The number of halogens is 1.